The highest BCUT2D eigenvalue weighted by Gasteiger charge is 2.27. The Morgan fingerprint density at radius 2 is 1.86 bits per heavy atom. The number of carbonyl (C=O) groups excluding carboxylic acids is 2. The molecule has 11 heteroatoms. The third kappa shape index (κ3) is 7.29. The van der Waals surface area contributed by atoms with Crippen molar-refractivity contribution in [2.75, 3.05) is 11.6 Å². The zero-order valence-corrected chi connectivity index (χ0v) is 24.3. The van der Waals surface area contributed by atoms with Crippen LogP contribution in [0.3, 0.4) is 0 Å². The molecule has 0 bridgehead atoms. The Morgan fingerprint density at radius 1 is 1.16 bits per heavy atom. The summed E-state index contributed by atoms with van der Waals surface area (Å²) in [5.74, 6) is -0.450. The summed E-state index contributed by atoms with van der Waals surface area (Å²) < 4.78 is 30.6. The first-order valence-corrected chi connectivity index (χ1v) is 15.7. The SMILES string of the molecule is Cc1nc(NC(=O)N[C@@H](Cc2ccccc2)C(=O)OC2CCCC2)sc1-c1ccc(I)c(S(C)(=O)=O)c1. The number of thiazole rings is 1. The molecule has 0 aliphatic heterocycles. The monoisotopic (exact) mass is 653 g/mol. The molecule has 1 aromatic heterocycles. The van der Waals surface area contributed by atoms with E-state index in [1.807, 2.05) is 59.0 Å². The number of benzene rings is 2. The second-order valence-corrected chi connectivity index (χ2v) is 13.2. The summed E-state index contributed by atoms with van der Waals surface area (Å²) in [6.07, 6.45) is 5.13. The van der Waals surface area contributed by atoms with E-state index in [2.05, 4.69) is 15.6 Å². The second kappa shape index (κ2) is 11.9. The van der Waals surface area contributed by atoms with Crippen LogP contribution in [0.1, 0.15) is 36.9 Å². The van der Waals surface area contributed by atoms with Crippen molar-refractivity contribution in [3.8, 4) is 10.4 Å². The van der Waals surface area contributed by atoms with Crippen molar-refractivity contribution in [1.29, 1.82) is 0 Å². The molecule has 1 aliphatic carbocycles. The van der Waals surface area contributed by atoms with Gasteiger partial charge >= 0.3 is 12.0 Å². The Kier molecular flexibility index (Phi) is 8.86. The number of sulfone groups is 1. The molecule has 2 amide bonds. The highest BCUT2D eigenvalue weighted by atomic mass is 127. The number of rotatable bonds is 8. The van der Waals surface area contributed by atoms with Crippen LogP contribution >= 0.6 is 33.9 Å². The molecule has 2 aromatic carbocycles. The summed E-state index contributed by atoms with van der Waals surface area (Å²) >= 11 is 3.23. The average Bonchev–Trinajstić information content (AvgIpc) is 3.48. The molecule has 4 rings (SSSR count). The zero-order chi connectivity index (χ0) is 26.6. The molecule has 0 unspecified atom stereocenters. The van der Waals surface area contributed by atoms with Crippen LogP contribution in [-0.4, -0.2) is 43.8 Å². The predicted molar refractivity (Wildman–Crippen MR) is 153 cm³/mol. The number of carbonyl (C=O) groups is 2. The highest BCUT2D eigenvalue weighted by Crippen LogP contribution is 2.35. The number of aryl methyl sites for hydroxylation is 1. The number of amides is 2. The molecular weight excluding hydrogens is 625 g/mol. The molecule has 196 valence electrons. The first-order valence-electron chi connectivity index (χ1n) is 11.9. The molecule has 3 aromatic rings. The van der Waals surface area contributed by atoms with Gasteiger partial charge in [-0.15, -0.1) is 0 Å². The summed E-state index contributed by atoms with van der Waals surface area (Å²) in [6, 6.07) is 13.2. The van der Waals surface area contributed by atoms with Gasteiger partial charge in [0, 0.05) is 16.2 Å². The van der Waals surface area contributed by atoms with Crippen molar-refractivity contribution < 1.29 is 22.7 Å². The Balaban J connectivity index is 1.49. The normalized spacial score (nSPS) is 14.8. The third-order valence-corrected chi connectivity index (χ3v) is 9.63. The van der Waals surface area contributed by atoms with E-state index in [0.717, 1.165) is 36.1 Å². The Labute approximate surface area is 234 Å². The maximum Gasteiger partial charge on any atom is 0.329 e. The minimum absolute atomic E-state index is 0.106. The number of nitrogens with one attached hydrogen (secondary N) is 2. The molecule has 1 aliphatic rings. The molecule has 0 saturated heterocycles. The lowest BCUT2D eigenvalue weighted by Gasteiger charge is -2.20. The van der Waals surface area contributed by atoms with Crippen LogP contribution < -0.4 is 10.6 Å². The smallest absolute Gasteiger partial charge is 0.329 e. The molecule has 1 saturated carbocycles. The van der Waals surface area contributed by atoms with Gasteiger partial charge in [-0.2, -0.15) is 0 Å². The van der Waals surface area contributed by atoms with Gasteiger partial charge in [-0.05, 0) is 78.5 Å². The largest absolute Gasteiger partial charge is 0.461 e. The molecule has 1 fully saturated rings. The Morgan fingerprint density at radius 3 is 2.54 bits per heavy atom. The molecule has 1 heterocycles. The van der Waals surface area contributed by atoms with Crippen molar-refractivity contribution in [1.82, 2.24) is 10.3 Å². The van der Waals surface area contributed by atoms with E-state index in [1.165, 1.54) is 17.6 Å². The second-order valence-electron chi connectivity index (χ2n) is 9.04. The van der Waals surface area contributed by atoms with Crippen molar-refractivity contribution in [3.05, 3.63) is 63.4 Å². The van der Waals surface area contributed by atoms with E-state index in [0.29, 0.717) is 26.4 Å². The van der Waals surface area contributed by atoms with Gasteiger partial charge in [0.15, 0.2) is 15.0 Å². The average molecular weight is 654 g/mol. The minimum atomic E-state index is -3.39. The van der Waals surface area contributed by atoms with E-state index in [9.17, 15) is 18.0 Å². The van der Waals surface area contributed by atoms with Gasteiger partial charge in [-0.25, -0.2) is 23.0 Å². The number of anilines is 1. The summed E-state index contributed by atoms with van der Waals surface area (Å²) in [4.78, 5) is 31.3. The number of aromatic nitrogens is 1. The van der Waals surface area contributed by atoms with Gasteiger partial charge in [0.1, 0.15) is 12.1 Å². The molecular formula is C26H28IN3O5S2. The van der Waals surface area contributed by atoms with Gasteiger partial charge in [-0.3, -0.25) is 5.32 Å². The molecule has 0 radical (unpaired) electrons. The molecule has 0 spiro atoms. The Hall–Kier alpha value is -2.51. The number of halogens is 1. The van der Waals surface area contributed by atoms with Crippen LogP contribution in [0.25, 0.3) is 10.4 Å². The minimum Gasteiger partial charge on any atom is -0.461 e. The van der Waals surface area contributed by atoms with Gasteiger partial charge in [-0.1, -0.05) is 47.7 Å². The molecule has 37 heavy (non-hydrogen) atoms. The summed E-state index contributed by atoms with van der Waals surface area (Å²) in [5, 5.41) is 5.82. The van der Waals surface area contributed by atoms with Crippen molar-refractivity contribution in [3.63, 3.8) is 0 Å². The molecule has 2 N–H and O–H groups in total. The lowest BCUT2D eigenvalue weighted by Crippen LogP contribution is -2.46. The van der Waals surface area contributed by atoms with E-state index in [4.69, 9.17) is 4.74 Å². The fourth-order valence-electron chi connectivity index (χ4n) is 4.23. The Bertz CT molecular complexity index is 1390. The predicted octanol–water partition coefficient (Wildman–Crippen LogP) is 5.35. The fraction of sp³-hybridized carbons (Fsp3) is 0.346. The van der Waals surface area contributed by atoms with Gasteiger partial charge in [0.05, 0.1) is 15.5 Å². The number of esters is 1. The zero-order valence-electron chi connectivity index (χ0n) is 20.5. The maximum absolute atomic E-state index is 12.9. The fourth-order valence-corrected chi connectivity index (χ4v) is 7.49. The number of nitrogens with zero attached hydrogens (tertiary/aromatic N) is 1. The first kappa shape index (κ1) is 27.5. The van der Waals surface area contributed by atoms with E-state index >= 15 is 0 Å². The topological polar surface area (TPSA) is 114 Å². The highest BCUT2D eigenvalue weighted by molar-refractivity contribution is 14.1. The van der Waals surface area contributed by atoms with Gasteiger partial charge in [0.25, 0.3) is 0 Å². The lowest BCUT2D eigenvalue weighted by atomic mass is 10.1. The summed E-state index contributed by atoms with van der Waals surface area (Å²) in [6.45, 7) is 1.80. The van der Waals surface area contributed by atoms with Crippen LogP contribution in [0, 0.1) is 10.5 Å². The summed E-state index contributed by atoms with van der Waals surface area (Å²) in [5.41, 5.74) is 2.26. The van der Waals surface area contributed by atoms with Crippen molar-refractivity contribution in [2.24, 2.45) is 0 Å². The number of urea groups is 1. The quantitative estimate of drug-likeness (QED) is 0.251. The third-order valence-electron chi connectivity index (χ3n) is 6.07. The number of hydrogen-bond acceptors (Lipinski definition) is 7. The van der Waals surface area contributed by atoms with E-state index < -0.39 is 27.9 Å². The van der Waals surface area contributed by atoms with Crippen LogP contribution in [0.2, 0.25) is 0 Å². The maximum atomic E-state index is 12.9. The number of ether oxygens (including phenoxy) is 1. The van der Waals surface area contributed by atoms with Crippen LogP contribution in [0.4, 0.5) is 9.93 Å². The van der Waals surface area contributed by atoms with E-state index in [-0.39, 0.29) is 11.0 Å². The standard InChI is InChI=1S/C26H28IN3O5S2/c1-16-23(18-12-13-20(27)22(15-18)37(2,33)34)36-26(28-16)30-25(32)29-21(14-17-8-4-3-5-9-17)24(31)35-19-10-6-7-11-19/h3-5,8-9,12-13,15,19,21H,6-7,10-11,14H2,1-2H3,(H2,28,29,30,32)/t21-/m0/s1. The van der Waals surface area contributed by atoms with Gasteiger partial charge in [0.2, 0.25) is 0 Å². The van der Waals surface area contributed by atoms with Crippen LogP contribution in [0.5, 0.6) is 0 Å². The van der Waals surface area contributed by atoms with Gasteiger partial charge < -0.3 is 10.1 Å². The lowest BCUT2D eigenvalue weighted by molar-refractivity contribution is -0.151. The molecule has 1 atom stereocenters. The number of hydrogen-bond donors (Lipinski definition) is 2. The van der Waals surface area contributed by atoms with Crippen molar-refractivity contribution in [2.45, 2.75) is 56.1 Å². The van der Waals surface area contributed by atoms with E-state index in [1.54, 1.807) is 19.1 Å². The van der Waals surface area contributed by atoms with Crippen LogP contribution in [0.15, 0.2) is 53.4 Å². The van der Waals surface area contributed by atoms with Crippen LogP contribution in [-0.2, 0) is 25.8 Å². The first-order chi connectivity index (χ1) is 17.6. The summed E-state index contributed by atoms with van der Waals surface area (Å²) in [7, 11) is -3.39. The molecule has 8 nitrogen and oxygen atoms in total. The van der Waals surface area contributed by atoms with Crippen molar-refractivity contribution >= 4 is 60.9 Å².